The molecule has 32 heteroatoms. The molecule has 0 aromatic carbocycles. The third kappa shape index (κ3) is 27.5. The summed E-state index contributed by atoms with van der Waals surface area (Å²) in [6.45, 7) is 2.97. The van der Waals surface area contributed by atoms with Gasteiger partial charge in [0.05, 0.1) is 19.0 Å². The van der Waals surface area contributed by atoms with Crippen LogP contribution in [0.3, 0.4) is 0 Å². The first-order valence-electron chi connectivity index (χ1n) is 25.1. The first-order valence-corrected chi connectivity index (χ1v) is 25.1. The summed E-state index contributed by atoms with van der Waals surface area (Å²) in [6, 6.07) is -11.6. The molecule has 434 valence electrons. The number of carboxylic acid groups (broad SMARTS) is 3. The van der Waals surface area contributed by atoms with E-state index in [1.807, 2.05) is 13.8 Å². The summed E-state index contributed by atoms with van der Waals surface area (Å²) in [5.74, 6) is -13.5. The topological polar surface area (TPSA) is 560 Å². The minimum absolute atomic E-state index is 0.0124. The standard InChI is InChI=1S/C45H79N17O15/c1-23(2)20-24(47)36(69)57-26(9-5-17-53-44(49)50)38(71)59-28(12-14-32(48)63)41(74)58-25(8-3-4-16-46)39(72)61-30(21-35(67)68)37(70)55-22-33(64)56-27(13-15-34(65)66)40(73)60-29(10-6-18-54-45(51)52)42(75)62-19-7-11-31(62)43(76)77/h23-31H,3-22,46-47H2,1-2H3,(H2,48,63)(H,55,70)(H,56,64)(H,57,69)(H,58,74)(H,59,71)(H,60,73)(H,61,72)(H,65,66)(H,67,68)(H,76,77)(H4,49,50,53)(H4,51,52,54)/t24-,25-,26-,27-,28-,29-,30-,31-/m0/s1. The van der Waals surface area contributed by atoms with Crippen molar-refractivity contribution in [3.63, 3.8) is 0 Å². The second kappa shape index (κ2) is 35.4. The van der Waals surface area contributed by atoms with Crippen LogP contribution >= 0.6 is 0 Å². The van der Waals surface area contributed by atoms with Gasteiger partial charge in [-0.15, -0.1) is 0 Å². The fraction of sp³-hybridized carbons (Fsp3) is 0.689. The molecule has 1 saturated heterocycles. The van der Waals surface area contributed by atoms with Crippen molar-refractivity contribution in [2.75, 3.05) is 32.7 Å². The number of primary amides is 1. The Morgan fingerprint density at radius 1 is 0.571 bits per heavy atom. The van der Waals surface area contributed by atoms with Crippen LogP contribution in [0.25, 0.3) is 0 Å². The van der Waals surface area contributed by atoms with Crippen molar-refractivity contribution >= 4 is 83.0 Å². The van der Waals surface area contributed by atoms with Crippen LogP contribution in [0.1, 0.15) is 110 Å². The summed E-state index contributed by atoms with van der Waals surface area (Å²) in [4.78, 5) is 165. The van der Waals surface area contributed by atoms with Gasteiger partial charge in [-0.1, -0.05) is 13.8 Å². The Bertz CT molecular complexity index is 2120. The van der Waals surface area contributed by atoms with Gasteiger partial charge in [-0.25, -0.2) is 4.79 Å². The normalized spacial score (nSPS) is 15.6. The second-order valence-electron chi connectivity index (χ2n) is 18.6. The number of nitrogens with zero attached hydrogens (tertiary/aromatic N) is 3. The van der Waals surface area contributed by atoms with E-state index in [1.165, 1.54) is 0 Å². The molecule has 9 amide bonds. The summed E-state index contributed by atoms with van der Waals surface area (Å²) < 4.78 is 0. The van der Waals surface area contributed by atoms with Gasteiger partial charge in [-0.2, -0.15) is 0 Å². The number of hydrogen-bond donors (Lipinski definition) is 17. The highest BCUT2D eigenvalue weighted by atomic mass is 16.4. The molecule has 24 N–H and O–H groups in total. The molecule has 0 aromatic heterocycles. The number of nitrogens with one attached hydrogen (secondary N) is 7. The Labute approximate surface area is 444 Å². The van der Waals surface area contributed by atoms with Crippen LogP contribution in [-0.4, -0.2) is 184 Å². The predicted molar refractivity (Wildman–Crippen MR) is 275 cm³/mol. The summed E-state index contributed by atoms with van der Waals surface area (Å²) in [5.41, 5.74) is 38.7. The average Bonchev–Trinajstić information content (AvgIpc) is 3.84. The first-order chi connectivity index (χ1) is 36.2. The van der Waals surface area contributed by atoms with E-state index in [0.29, 0.717) is 12.8 Å². The average molecular weight is 1100 g/mol. The summed E-state index contributed by atoms with van der Waals surface area (Å²) in [5, 5.41) is 45.4. The Morgan fingerprint density at radius 2 is 1.04 bits per heavy atom. The van der Waals surface area contributed by atoms with Gasteiger partial charge in [0, 0.05) is 32.5 Å². The molecule has 0 spiro atoms. The van der Waals surface area contributed by atoms with E-state index < -0.39 is 158 Å². The molecule has 0 saturated carbocycles. The van der Waals surface area contributed by atoms with E-state index in [2.05, 4.69) is 47.2 Å². The Balaban J connectivity index is 3.38. The van der Waals surface area contributed by atoms with Crippen LogP contribution in [0.5, 0.6) is 0 Å². The molecule has 1 heterocycles. The van der Waals surface area contributed by atoms with Gasteiger partial charge < -0.3 is 97.6 Å². The number of hydrogen-bond acceptors (Lipinski definition) is 16. The lowest BCUT2D eigenvalue weighted by molar-refractivity contribution is -0.149. The molecule has 32 nitrogen and oxygen atoms in total. The Kier molecular flexibility index (Phi) is 30.8. The van der Waals surface area contributed by atoms with Crippen molar-refractivity contribution in [3.05, 3.63) is 0 Å². The lowest BCUT2D eigenvalue weighted by Crippen LogP contribution is -2.59. The number of likely N-dealkylation sites (tertiary alicyclic amines) is 1. The van der Waals surface area contributed by atoms with Crippen LogP contribution in [0.2, 0.25) is 0 Å². The molecule has 1 aliphatic rings. The predicted octanol–water partition coefficient (Wildman–Crippen LogP) is -6.70. The van der Waals surface area contributed by atoms with Crippen LogP contribution < -0.4 is 77.4 Å². The Hall–Kier alpha value is -7.90. The third-order valence-corrected chi connectivity index (χ3v) is 11.6. The zero-order valence-electron chi connectivity index (χ0n) is 43.5. The summed E-state index contributed by atoms with van der Waals surface area (Å²) in [6.07, 6.45) is -1.88. The van der Waals surface area contributed by atoms with E-state index in [9.17, 15) is 72.9 Å². The summed E-state index contributed by atoms with van der Waals surface area (Å²) >= 11 is 0. The molecule has 1 aliphatic heterocycles. The lowest BCUT2D eigenvalue weighted by Gasteiger charge is -2.28. The largest absolute Gasteiger partial charge is 0.481 e. The molecular formula is C45H79N17O15. The van der Waals surface area contributed by atoms with Crippen molar-refractivity contribution < 1.29 is 72.9 Å². The highest BCUT2D eigenvalue weighted by Crippen LogP contribution is 2.20. The fourth-order valence-electron chi connectivity index (χ4n) is 7.78. The van der Waals surface area contributed by atoms with Gasteiger partial charge >= 0.3 is 17.9 Å². The van der Waals surface area contributed by atoms with E-state index in [4.69, 9.17) is 40.1 Å². The molecule has 0 bridgehead atoms. The van der Waals surface area contributed by atoms with Gasteiger partial charge in [-0.05, 0) is 89.5 Å². The fourth-order valence-corrected chi connectivity index (χ4v) is 7.78. The third-order valence-electron chi connectivity index (χ3n) is 11.6. The number of aliphatic imine (C=N–C) groups is 2. The van der Waals surface area contributed by atoms with Crippen molar-refractivity contribution in [3.8, 4) is 0 Å². The quantitative estimate of drug-likeness (QED) is 0.0155. The van der Waals surface area contributed by atoms with Crippen LogP contribution in [0, 0.1) is 5.92 Å². The first kappa shape index (κ1) is 67.1. The van der Waals surface area contributed by atoms with Crippen LogP contribution in [0.15, 0.2) is 9.98 Å². The van der Waals surface area contributed by atoms with Gasteiger partial charge in [-0.3, -0.25) is 62.7 Å². The number of aliphatic carboxylic acids is 3. The lowest BCUT2D eigenvalue weighted by atomic mass is 10.0. The Morgan fingerprint density at radius 3 is 1.52 bits per heavy atom. The van der Waals surface area contributed by atoms with Crippen molar-refractivity contribution in [2.24, 2.45) is 56.0 Å². The smallest absolute Gasteiger partial charge is 0.326 e. The molecule has 1 rings (SSSR count). The SMILES string of the molecule is CC(C)C[C@H](N)C(=O)N[C@@H](CCCN=C(N)N)C(=O)N[C@@H](CCC(N)=O)C(=O)N[C@@H](CCCCN)C(=O)N[C@@H](CC(=O)O)C(=O)NCC(=O)N[C@@H](CCC(=O)O)C(=O)N[C@@H](CCCN=C(N)N)C(=O)N1CCC[C@H]1C(=O)O. The molecule has 8 atom stereocenters. The van der Waals surface area contributed by atoms with Gasteiger partial charge in [0.15, 0.2) is 11.9 Å². The maximum Gasteiger partial charge on any atom is 0.326 e. The maximum absolute atomic E-state index is 13.9. The number of guanidine groups is 2. The highest BCUT2D eigenvalue weighted by molar-refractivity contribution is 5.98. The van der Waals surface area contributed by atoms with E-state index in [1.54, 1.807) is 0 Å². The minimum Gasteiger partial charge on any atom is -0.481 e. The molecule has 0 aromatic rings. The zero-order valence-corrected chi connectivity index (χ0v) is 43.5. The number of nitrogens with two attached hydrogens (primary N) is 7. The molecule has 77 heavy (non-hydrogen) atoms. The molecule has 1 fully saturated rings. The van der Waals surface area contributed by atoms with Crippen molar-refractivity contribution in [1.82, 2.24) is 42.1 Å². The molecular weight excluding hydrogens is 1020 g/mol. The number of carbonyl (C=O) groups excluding carboxylic acids is 9. The van der Waals surface area contributed by atoms with Crippen molar-refractivity contribution in [2.45, 2.75) is 158 Å². The number of rotatable bonds is 38. The summed E-state index contributed by atoms with van der Waals surface area (Å²) in [7, 11) is 0. The molecule has 0 unspecified atom stereocenters. The number of carboxylic acids is 3. The van der Waals surface area contributed by atoms with Crippen molar-refractivity contribution in [1.29, 1.82) is 0 Å². The number of unbranched alkanes of at least 4 members (excludes halogenated alkanes) is 1. The molecule has 0 aliphatic carbocycles. The van der Waals surface area contributed by atoms with Gasteiger partial charge in [0.25, 0.3) is 0 Å². The number of carbonyl (C=O) groups is 12. The van der Waals surface area contributed by atoms with Crippen LogP contribution in [0.4, 0.5) is 0 Å². The van der Waals surface area contributed by atoms with Gasteiger partial charge in [0.1, 0.15) is 42.3 Å². The van der Waals surface area contributed by atoms with Crippen LogP contribution in [-0.2, 0) is 57.5 Å². The van der Waals surface area contributed by atoms with Gasteiger partial charge in [0.2, 0.25) is 53.2 Å². The number of amides is 9. The van der Waals surface area contributed by atoms with E-state index in [-0.39, 0.29) is 95.4 Å². The monoisotopic (exact) mass is 1100 g/mol. The zero-order chi connectivity index (χ0) is 58.4. The highest BCUT2D eigenvalue weighted by Gasteiger charge is 2.39. The molecule has 0 radical (unpaired) electrons. The second-order valence-corrected chi connectivity index (χ2v) is 18.6. The van der Waals surface area contributed by atoms with E-state index in [0.717, 1.165) is 4.90 Å². The maximum atomic E-state index is 13.9. The minimum atomic E-state index is -1.92. The van der Waals surface area contributed by atoms with E-state index >= 15 is 0 Å².